The van der Waals surface area contributed by atoms with Gasteiger partial charge in [0.05, 0.1) is 0 Å². The molecule has 1 saturated heterocycles. The highest BCUT2D eigenvalue weighted by atomic mass is 16.6. The SMILES string of the molecule is CC(C)(C)OC(=O)N1CCC[C@H](N)C1.O=C(O)[C@@H](O)c1ccccc1. The van der Waals surface area contributed by atoms with Crippen molar-refractivity contribution < 1.29 is 24.5 Å². The molecule has 1 aromatic carbocycles. The molecule has 1 aromatic rings. The second-order valence-electron chi connectivity index (χ2n) is 6.98. The Morgan fingerprint density at radius 2 is 1.88 bits per heavy atom. The first-order chi connectivity index (χ1) is 11.6. The van der Waals surface area contributed by atoms with Crippen molar-refractivity contribution in [1.29, 1.82) is 0 Å². The van der Waals surface area contributed by atoms with Gasteiger partial charge in [-0.05, 0) is 39.2 Å². The monoisotopic (exact) mass is 352 g/mol. The van der Waals surface area contributed by atoms with E-state index in [4.69, 9.17) is 20.7 Å². The molecule has 2 atom stereocenters. The number of aliphatic hydroxyl groups is 1. The molecule has 1 amide bonds. The van der Waals surface area contributed by atoms with Crippen LogP contribution in [0, 0.1) is 0 Å². The molecule has 7 nitrogen and oxygen atoms in total. The number of carbonyl (C=O) groups is 2. The van der Waals surface area contributed by atoms with E-state index in [0.29, 0.717) is 12.1 Å². The maximum absolute atomic E-state index is 11.6. The van der Waals surface area contributed by atoms with Crippen LogP contribution < -0.4 is 5.73 Å². The van der Waals surface area contributed by atoms with Gasteiger partial charge in [-0.3, -0.25) is 0 Å². The zero-order chi connectivity index (χ0) is 19.0. The van der Waals surface area contributed by atoms with Crippen LogP contribution in [0.25, 0.3) is 0 Å². The summed E-state index contributed by atoms with van der Waals surface area (Å²) in [6.45, 7) is 7.00. The lowest BCUT2D eigenvalue weighted by Crippen LogP contribution is -2.47. The first-order valence-corrected chi connectivity index (χ1v) is 8.29. The molecule has 140 valence electrons. The zero-order valence-corrected chi connectivity index (χ0v) is 15.0. The number of carboxylic acid groups (broad SMARTS) is 1. The van der Waals surface area contributed by atoms with Crippen LogP contribution in [0.15, 0.2) is 30.3 Å². The summed E-state index contributed by atoms with van der Waals surface area (Å²) >= 11 is 0. The minimum Gasteiger partial charge on any atom is -0.479 e. The number of nitrogens with two attached hydrogens (primary N) is 1. The van der Waals surface area contributed by atoms with E-state index in [0.717, 1.165) is 19.4 Å². The minimum atomic E-state index is -1.41. The lowest BCUT2D eigenvalue weighted by atomic mass is 10.1. The third-order valence-corrected chi connectivity index (χ3v) is 3.46. The summed E-state index contributed by atoms with van der Waals surface area (Å²) in [5, 5.41) is 17.4. The average Bonchev–Trinajstić information content (AvgIpc) is 2.54. The van der Waals surface area contributed by atoms with Gasteiger partial charge in [-0.1, -0.05) is 30.3 Å². The average molecular weight is 352 g/mol. The number of carboxylic acids is 1. The quantitative estimate of drug-likeness (QED) is 0.751. The van der Waals surface area contributed by atoms with Crippen molar-refractivity contribution in [1.82, 2.24) is 4.90 Å². The highest BCUT2D eigenvalue weighted by Gasteiger charge is 2.25. The molecule has 0 aromatic heterocycles. The summed E-state index contributed by atoms with van der Waals surface area (Å²) in [4.78, 5) is 23.6. The number of likely N-dealkylation sites (tertiary alicyclic amines) is 1. The first-order valence-electron chi connectivity index (χ1n) is 8.29. The number of benzene rings is 1. The molecular weight excluding hydrogens is 324 g/mol. The molecule has 25 heavy (non-hydrogen) atoms. The summed E-state index contributed by atoms with van der Waals surface area (Å²) < 4.78 is 5.26. The van der Waals surface area contributed by atoms with Gasteiger partial charge < -0.3 is 25.6 Å². The van der Waals surface area contributed by atoms with E-state index in [-0.39, 0.29) is 12.1 Å². The number of hydrogen-bond donors (Lipinski definition) is 3. The highest BCUT2D eigenvalue weighted by molar-refractivity contribution is 5.73. The third-order valence-electron chi connectivity index (χ3n) is 3.46. The summed E-state index contributed by atoms with van der Waals surface area (Å²) in [7, 11) is 0. The first kappa shape index (κ1) is 20.9. The summed E-state index contributed by atoms with van der Waals surface area (Å²) in [6.07, 6.45) is 0.323. The van der Waals surface area contributed by atoms with Crippen LogP contribution in [-0.2, 0) is 9.53 Å². The van der Waals surface area contributed by atoms with Gasteiger partial charge in [0, 0.05) is 19.1 Å². The summed E-state index contributed by atoms with van der Waals surface area (Å²) in [5.41, 5.74) is 5.76. The molecule has 0 spiro atoms. The van der Waals surface area contributed by atoms with Crippen molar-refractivity contribution in [2.45, 2.75) is 51.4 Å². The Bertz CT molecular complexity index is 556. The van der Waals surface area contributed by atoms with Crippen LogP contribution in [-0.4, -0.2) is 51.9 Å². The number of hydrogen-bond acceptors (Lipinski definition) is 5. The van der Waals surface area contributed by atoms with E-state index in [1.807, 2.05) is 20.8 Å². The molecule has 4 N–H and O–H groups in total. The maximum Gasteiger partial charge on any atom is 0.410 e. The van der Waals surface area contributed by atoms with E-state index in [2.05, 4.69) is 0 Å². The van der Waals surface area contributed by atoms with E-state index >= 15 is 0 Å². The lowest BCUT2D eigenvalue weighted by Gasteiger charge is -2.32. The van der Waals surface area contributed by atoms with E-state index in [9.17, 15) is 9.59 Å². The second-order valence-corrected chi connectivity index (χ2v) is 6.98. The van der Waals surface area contributed by atoms with E-state index in [1.165, 1.54) is 0 Å². The number of ether oxygens (including phenoxy) is 1. The Morgan fingerprint density at radius 3 is 2.36 bits per heavy atom. The number of aliphatic carboxylic acids is 1. The highest BCUT2D eigenvalue weighted by Crippen LogP contribution is 2.14. The normalized spacial score (nSPS) is 18.6. The van der Waals surface area contributed by atoms with E-state index < -0.39 is 17.7 Å². The predicted octanol–water partition coefficient (Wildman–Crippen LogP) is 2.15. The molecule has 0 unspecified atom stereocenters. The number of amides is 1. The third kappa shape index (κ3) is 8.00. The molecule has 0 aliphatic carbocycles. The molecule has 1 heterocycles. The summed E-state index contributed by atoms with van der Waals surface area (Å²) in [6, 6.07) is 8.37. The Hall–Kier alpha value is -2.12. The fourth-order valence-electron chi connectivity index (χ4n) is 2.28. The van der Waals surface area contributed by atoms with Crippen molar-refractivity contribution in [3.8, 4) is 0 Å². The molecule has 0 bridgehead atoms. The Labute approximate surface area is 148 Å². The van der Waals surface area contributed by atoms with E-state index in [1.54, 1.807) is 35.2 Å². The molecular formula is C18H28N2O5. The maximum atomic E-state index is 11.6. The molecule has 2 rings (SSSR count). The number of aliphatic hydroxyl groups excluding tert-OH is 1. The van der Waals surface area contributed by atoms with Crippen LogP contribution in [0.5, 0.6) is 0 Å². The van der Waals surface area contributed by atoms with Gasteiger partial charge in [0.25, 0.3) is 0 Å². The number of nitrogens with zero attached hydrogens (tertiary/aromatic N) is 1. The standard InChI is InChI=1S/C10H20N2O2.C8H8O3/c1-10(2,3)14-9(13)12-6-4-5-8(11)7-12;9-7(8(10)11)6-4-2-1-3-5-6/h8H,4-7,11H2,1-3H3;1-5,7,9H,(H,10,11)/t8-;7-/m00/s1. The molecule has 0 radical (unpaired) electrons. The Kier molecular flexibility index (Phi) is 7.86. The fourth-order valence-corrected chi connectivity index (χ4v) is 2.28. The second kappa shape index (κ2) is 9.39. The van der Waals surface area contributed by atoms with Gasteiger partial charge >= 0.3 is 12.1 Å². The smallest absolute Gasteiger partial charge is 0.410 e. The fraction of sp³-hybridized carbons (Fsp3) is 0.556. The van der Waals surface area contributed by atoms with Crippen molar-refractivity contribution in [3.05, 3.63) is 35.9 Å². The van der Waals surface area contributed by atoms with Crippen molar-refractivity contribution in [2.24, 2.45) is 5.73 Å². The van der Waals surface area contributed by atoms with Gasteiger partial charge in [-0.25, -0.2) is 9.59 Å². The van der Waals surface area contributed by atoms with Crippen LogP contribution in [0.3, 0.4) is 0 Å². The van der Waals surface area contributed by atoms with Crippen molar-refractivity contribution in [3.63, 3.8) is 0 Å². The van der Waals surface area contributed by atoms with Crippen molar-refractivity contribution >= 4 is 12.1 Å². The largest absolute Gasteiger partial charge is 0.479 e. The predicted molar refractivity (Wildman–Crippen MR) is 94.1 cm³/mol. The number of rotatable bonds is 2. The van der Waals surface area contributed by atoms with Gasteiger partial charge in [-0.15, -0.1) is 0 Å². The Balaban J connectivity index is 0.000000257. The number of carbonyl (C=O) groups excluding carboxylic acids is 1. The van der Waals surface area contributed by atoms with Gasteiger partial charge in [0.1, 0.15) is 5.60 Å². The topological polar surface area (TPSA) is 113 Å². The van der Waals surface area contributed by atoms with Gasteiger partial charge in [-0.2, -0.15) is 0 Å². The van der Waals surface area contributed by atoms with Crippen LogP contribution >= 0.6 is 0 Å². The molecule has 1 aliphatic heterocycles. The minimum absolute atomic E-state index is 0.108. The lowest BCUT2D eigenvalue weighted by molar-refractivity contribution is -0.146. The zero-order valence-electron chi connectivity index (χ0n) is 15.0. The van der Waals surface area contributed by atoms with Crippen LogP contribution in [0.1, 0.15) is 45.3 Å². The van der Waals surface area contributed by atoms with Crippen LogP contribution in [0.4, 0.5) is 4.79 Å². The summed E-state index contributed by atoms with van der Waals surface area (Å²) in [5.74, 6) is -1.23. The molecule has 1 aliphatic rings. The molecule has 1 fully saturated rings. The molecule has 0 saturated carbocycles. The van der Waals surface area contributed by atoms with Crippen LogP contribution in [0.2, 0.25) is 0 Å². The Morgan fingerprint density at radius 1 is 1.28 bits per heavy atom. The number of piperidine rings is 1. The van der Waals surface area contributed by atoms with Gasteiger partial charge in [0.15, 0.2) is 6.10 Å². The van der Waals surface area contributed by atoms with Crippen molar-refractivity contribution in [2.75, 3.05) is 13.1 Å². The van der Waals surface area contributed by atoms with Gasteiger partial charge in [0.2, 0.25) is 0 Å². The molecule has 7 heteroatoms.